The largest absolute Gasteiger partial charge is 0.346 e. The summed E-state index contributed by atoms with van der Waals surface area (Å²) in [7, 11) is 0. The van der Waals surface area contributed by atoms with Gasteiger partial charge in [-0.3, -0.25) is 0 Å². The summed E-state index contributed by atoms with van der Waals surface area (Å²) in [4.78, 5) is 7.58. The molecule has 0 amide bonds. The van der Waals surface area contributed by atoms with Gasteiger partial charge in [0, 0.05) is 17.3 Å². The minimum absolute atomic E-state index is 1.00. The summed E-state index contributed by atoms with van der Waals surface area (Å²) in [5, 5.41) is 1.19. The van der Waals surface area contributed by atoms with Crippen LogP contribution >= 0.6 is 0 Å². The molecule has 2 aromatic heterocycles. The number of aromatic nitrogens is 2. The van der Waals surface area contributed by atoms with Crippen molar-refractivity contribution < 1.29 is 0 Å². The molecule has 0 unspecified atom stereocenters. The molecule has 0 bridgehead atoms. The first kappa shape index (κ1) is 7.35. The highest BCUT2D eigenvalue weighted by atomic mass is 14.8. The number of fused-ring (bicyclic) bond motifs is 1. The van der Waals surface area contributed by atoms with E-state index in [1.54, 1.807) is 0 Å². The van der Waals surface area contributed by atoms with Crippen LogP contribution in [0.1, 0.15) is 19.0 Å². The van der Waals surface area contributed by atoms with Crippen LogP contribution in [0.5, 0.6) is 0 Å². The molecule has 2 heteroatoms. The summed E-state index contributed by atoms with van der Waals surface area (Å²) in [5.41, 5.74) is 2.17. The maximum Gasteiger partial charge on any atom is 0.137 e. The van der Waals surface area contributed by atoms with Crippen molar-refractivity contribution in [2.45, 2.75) is 19.8 Å². The topological polar surface area (TPSA) is 28.7 Å². The standard InChI is InChI=1S/C10H12N2/c1-2-3-9-5-4-8-6-7-11-10(8)12-9/h4-7H,2-3H2,1H3,(H,11,12). The molecule has 1 N–H and O–H groups in total. The van der Waals surface area contributed by atoms with Crippen molar-refractivity contribution >= 4 is 11.0 Å². The molecule has 0 spiro atoms. The highest BCUT2D eigenvalue weighted by molar-refractivity contribution is 5.75. The van der Waals surface area contributed by atoms with E-state index in [0.717, 1.165) is 18.5 Å². The van der Waals surface area contributed by atoms with E-state index in [1.165, 1.54) is 11.1 Å². The molecule has 0 aliphatic rings. The third-order valence-electron chi connectivity index (χ3n) is 1.97. The first-order valence-electron chi connectivity index (χ1n) is 4.33. The molecule has 0 aliphatic heterocycles. The van der Waals surface area contributed by atoms with Gasteiger partial charge in [-0.05, 0) is 24.6 Å². The molecule has 0 aromatic carbocycles. The fourth-order valence-electron chi connectivity index (χ4n) is 1.37. The van der Waals surface area contributed by atoms with Gasteiger partial charge in [0.15, 0.2) is 0 Å². The minimum Gasteiger partial charge on any atom is -0.346 e. The number of nitrogens with one attached hydrogen (secondary N) is 1. The van der Waals surface area contributed by atoms with Crippen LogP contribution < -0.4 is 0 Å². The fraction of sp³-hybridized carbons (Fsp3) is 0.300. The smallest absolute Gasteiger partial charge is 0.137 e. The number of H-pyrrole nitrogens is 1. The molecule has 0 fully saturated rings. The number of hydrogen-bond acceptors (Lipinski definition) is 1. The summed E-state index contributed by atoms with van der Waals surface area (Å²) in [6, 6.07) is 6.25. The van der Waals surface area contributed by atoms with Crippen LogP contribution in [0, 0.1) is 0 Å². The van der Waals surface area contributed by atoms with E-state index in [-0.39, 0.29) is 0 Å². The molecule has 0 saturated carbocycles. The Bertz CT molecular complexity index is 376. The maximum atomic E-state index is 4.47. The molecule has 2 heterocycles. The first-order chi connectivity index (χ1) is 5.90. The Labute approximate surface area is 71.6 Å². The van der Waals surface area contributed by atoms with Crippen molar-refractivity contribution in [1.82, 2.24) is 9.97 Å². The van der Waals surface area contributed by atoms with Crippen molar-refractivity contribution in [3.63, 3.8) is 0 Å². The van der Waals surface area contributed by atoms with Gasteiger partial charge in [0.05, 0.1) is 0 Å². The van der Waals surface area contributed by atoms with Crippen molar-refractivity contribution in [3.8, 4) is 0 Å². The van der Waals surface area contributed by atoms with Crippen LogP contribution in [0.25, 0.3) is 11.0 Å². The Kier molecular flexibility index (Phi) is 1.82. The second-order valence-electron chi connectivity index (χ2n) is 2.97. The monoisotopic (exact) mass is 160 g/mol. The minimum atomic E-state index is 1.00. The van der Waals surface area contributed by atoms with E-state index >= 15 is 0 Å². The van der Waals surface area contributed by atoms with Crippen molar-refractivity contribution in [2.24, 2.45) is 0 Å². The third kappa shape index (κ3) is 1.20. The van der Waals surface area contributed by atoms with E-state index in [1.807, 2.05) is 12.3 Å². The van der Waals surface area contributed by atoms with Crippen molar-refractivity contribution in [1.29, 1.82) is 0 Å². The average Bonchev–Trinajstić information content (AvgIpc) is 2.51. The number of rotatable bonds is 2. The predicted octanol–water partition coefficient (Wildman–Crippen LogP) is 2.52. The summed E-state index contributed by atoms with van der Waals surface area (Å²) in [6.45, 7) is 2.17. The molecule has 2 nitrogen and oxygen atoms in total. The van der Waals surface area contributed by atoms with Gasteiger partial charge in [0.2, 0.25) is 0 Å². The zero-order valence-electron chi connectivity index (χ0n) is 7.17. The van der Waals surface area contributed by atoms with Crippen LogP contribution in [-0.2, 0) is 6.42 Å². The van der Waals surface area contributed by atoms with Gasteiger partial charge in [0.25, 0.3) is 0 Å². The van der Waals surface area contributed by atoms with Crippen LogP contribution in [-0.4, -0.2) is 9.97 Å². The maximum absolute atomic E-state index is 4.47. The van der Waals surface area contributed by atoms with Crippen molar-refractivity contribution in [3.05, 3.63) is 30.1 Å². The summed E-state index contributed by atoms with van der Waals surface area (Å²) < 4.78 is 0. The Morgan fingerprint density at radius 2 is 2.25 bits per heavy atom. The number of pyridine rings is 1. The molecule has 0 radical (unpaired) electrons. The summed E-state index contributed by atoms with van der Waals surface area (Å²) >= 11 is 0. The van der Waals surface area contributed by atoms with Gasteiger partial charge in [-0.25, -0.2) is 4.98 Å². The fourth-order valence-corrected chi connectivity index (χ4v) is 1.37. The quantitative estimate of drug-likeness (QED) is 0.718. The Morgan fingerprint density at radius 3 is 3.08 bits per heavy atom. The first-order valence-corrected chi connectivity index (χ1v) is 4.33. The van der Waals surface area contributed by atoms with Crippen LogP contribution in [0.2, 0.25) is 0 Å². The van der Waals surface area contributed by atoms with E-state index in [4.69, 9.17) is 0 Å². The lowest BCUT2D eigenvalue weighted by Crippen LogP contribution is -1.88. The Balaban J connectivity index is 2.46. The molecular weight excluding hydrogens is 148 g/mol. The normalized spacial score (nSPS) is 10.8. The van der Waals surface area contributed by atoms with Gasteiger partial charge < -0.3 is 4.98 Å². The van der Waals surface area contributed by atoms with Crippen LogP contribution in [0.4, 0.5) is 0 Å². The summed E-state index contributed by atoms with van der Waals surface area (Å²) in [6.07, 6.45) is 4.14. The third-order valence-corrected chi connectivity index (χ3v) is 1.97. The highest BCUT2D eigenvalue weighted by Crippen LogP contribution is 2.10. The number of aryl methyl sites for hydroxylation is 1. The second kappa shape index (κ2) is 2.97. The van der Waals surface area contributed by atoms with Gasteiger partial charge in [-0.1, -0.05) is 13.3 Å². The van der Waals surface area contributed by atoms with E-state index in [0.29, 0.717) is 0 Å². The molecule has 0 aliphatic carbocycles. The zero-order valence-corrected chi connectivity index (χ0v) is 7.17. The number of aromatic amines is 1. The van der Waals surface area contributed by atoms with Gasteiger partial charge >= 0.3 is 0 Å². The van der Waals surface area contributed by atoms with E-state index in [2.05, 4.69) is 29.0 Å². The van der Waals surface area contributed by atoms with Crippen molar-refractivity contribution in [2.75, 3.05) is 0 Å². The van der Waals surface area contributed by atoms with E-state index in [9.17, 15) is 0 Å². The molecule has 2 rings (SSSR count). The molecular formula is C10H12N2. The predicted molar refractivity (Wildman–Crippen MR) is 50.1 cm³/mol. The Hall–Kier alpha value is -1.31. The van der Waals surface area contributed by atoms with Crippen LogP contribution in [0.15, 0.2) is 24.4 Å². The summed E-state index contributed by atoms with van der Waals surface area (Å²) in [5.74, 6) is 0. The lowest BCUT2D eigenvalue weighted by Gasteiger charge is -1.96. The van der Waals surface area contributed by atoms with Gasteiger partial charge in [-0.2, -0.15) is 0 Å². The lowest BCUT2D eigenvalue weighted by molar-refractivity contribution is 0.888. The molecule has 62 valence electrons. The average molecular weight is 160 g/mol. The Morgan fingerprint density at radius 1 is 1.33 bits per heavy atom. The van der Waals surface area contributed by atoms with Gasteiger partial charge in [-0.15, -0.1) is 0 Å². The second-order valence-corrected chi connectivity index (χ2v) is 2.97. The number of hydrogen-bond donors (Lipinski definition) is 1. The SMILES string of the molecule is CCCc1ccc2cc[nH]c2n1. The van der Waals surface area contributed by atoms with E-state index < -0.39 is 0 Å². The lowest BCUT2D eigenvalue weighted by atomic mass is 10.2. The molecule has 2 aromatic rings. The van der Waals surface area contributed by atoms with Gasteiger partial charge in [0.1, 0.15) is 5.65 Å². The zero-order chi connectivity index (χ0) is 8.39. The van der Waals surface area contributed by atoms with Crippen LogP contribution in [0.3, 0.4) is 0 Å². The molecule has 0 saturated heterocycles. The highest BCUT2D eigenvalue weighted by Gasteiger charge is 1.96. The number of nitrogens with zero attached hydrogens (tertiary/aromatic N) is 1. The molecule has 0 atom stereocenters. The molecule has 12 heavy (non-hydrogen) atoms.